The number of hydrazone groups is 1. The molecule has 11 heteroatoms. The Morgan fingerprint density at radius 1 is 1.29 bits per heavy atom. The second-order valence-corrected chi connectivity index (χ2v) is 5.66. The number of rotatable bonds is 5. The van der Waals surface area contributed by atoms with E-state index in [1.165, 1.54) is 18.2 Å². The molecule has 5 N–H and O–H groups in total. The van der Waals surface area contributed by atoms with Crippen LogP contribution in [0.1, 0.15) is 17.4 Å². The van der Waals surface area contributed by atoms with Crippen molar-refractivity contribution in [3.8, 4) is 0 Å². The quantitative estimate of drug-likeness (QED) is 0.290. The molecule has 0 fully saturated rings. The lowest BCUT2D eigenvalue weighted by molar-refractivity contribution is -0.384. The summed E-state index contributed by atoms with van der Waals surface area (Å²) in [6, 6.07) is 11.0. The summed E-state index contributed by atoms with van der Waals surface area (Å²) in [4.78, 5) is 40.5. The number of nitrogens with zero attached hydrogens (tertiary/aromatic N) is 3. The van der Waals surface area contributed by atoms with Gasteiger partial charge in [0.05, 0.1) is 16.0 Å². The summed E-state index contributed by atoms with van der Waals surface area (Å²) in [5, 5.41) is 25.3. The van der Waals surface area contributed by atoms with Crippen LogP contribution in [-0.4, -0.2) is 31.7 Å². The molecular weight excluding hydrogens is 368 g/mol. The number of hydrogen-bond acceptors (Lipinski definition) is 7. The zero-order chi connectivity index (χ0) is 20.3. The standard InChI is InChI=1S/C17H14N6O5/c18-17(26)22-21-13(15(24)9-4-2-1-3-5-9)14-16(25)20-12-8-10(23(27)28)6-7-11(12)19-14/h1-8,15,24H,(H,20,25)(H3,18,22,26)/b21-13+/t15-/m0/s1. The number of aliphatic hydroxyl groups is 1. The van der Waals surface area contributed by atoms with Crippen LogP contribution >= 0.6 is 0 Å². The minimum absolute atomic E-state index is 0.138. The first-order valence-corrected chi connectivity index (χ1v) is 7.91. The summed E-state index contributed by atoms with van der Waals surface area (Å²) in [7, 11) is 0. The van der Waals surface area contributed by atoms with Crippen molar-refractivity contribution in [1.29, 1.82) is 0 Å². The Morgan fingerprint density at radius 2 is 2.00 bits per heavy atom. The number of aromatic nitrogens is 2. The normalized spacial score (nSPS) is 12.5. The van der Waals surface area contributed by atoms with Crippen LogP contribution in [0.15, 0.2) is 58.4 Å². The van der Waals surface area contributed by atoms with E-state index in [4.69, 9.17) is 5.73 Å². The molecule has 0 spiro atoms. The van der Waals surface area contributed by atoms with Crippen LogP contribution in [0, 0.1) is 10.1 Å². The van der Waals surface area contributed by atoms with E-state index in [0.29, 0.717) is 5.56 Å². The van der Waals surface area contributed by atoms with Gasteiger partial charge in [-0.25, -0.2) is 15.2 Å². The van der Waals surface area contributed by atoms with Crippen molar-refractivity contribution < 1.29 is 14.8 Å². The largest absolute Gasteiger partial charge is 0.382 e. The molecule has 0 aliphatic carbocycles. The predicted molar refractivity (Wildman–Crippen MR) is 99.7 cm³/mol. The maximum absolute atomic E-state index is 12.5. The fourth-order valence-corrected chi connectivity index (χ4v) is 2.51. The van der Waals surface area contributed by atoms with Gasteiger partial charge in [-0.2, -0.15) is 5.10 Å². The Morgan fingerprint density at radius 3 is 2.64 bits per heavy atom. The maximum atomic E-state index is 12.5. The van der Waals surface area contributed by atoms with Crippen LogP contribution in [0.5, 0.6) is 0 Å². The van der Waals surface area contributed by atoms with E-state index in [9.17, 15) is 24.8 Å². The Hall–Kier alpha value is -4.12. The first-order chi connectivity index (χ1) is 13.4. The van der Waals surface area contributed by atoms with Gasteiger partial charge in [-0.05, 0) is 11.6 Å². The Balaban J connectivity index is 2.15. The number of non-ortho nitro benzene ring substituents is 1. The van der Waals surface area contributed by atoms with Gasteiger partial charge in [-0.3, -0.25) is 14.9 Å². The molecule has 0 saturated carbocycles. The average molecular weight is 382 g/mol. The van der Waals surface area contributed by atoms with Crippen LogP contribution in [0.3, 0.4) is 0 Å². The van der Waals surface area contributed by atoms with Gasteiger partial charge in [0.15, 0.2) is 5.69 Å². The maximum Gasteiger partial charge on any atom is 0.332 e. The molecule has 2 aromatic carbocycles. The van der Waals surface area contributed by atoms with Gasteiger partial charge in [0.2, 0.25) is 0 Å². The minimum atomic E-state index is -1.39. The molecule has 1 atom stereocenters. The van der Waals surface area contributed by atoms with Crippen molar-refractivity contribution >= 4 is 28.5 Å². The van der Waals surface area contributed by atoms with Gasteiger partial charge in [-0.1, -0.05) is 30.3 Å². The summed E-state index contributed by atoms with van der Waals surface area (Å²) in [6.07, 6.45) is -1.39. The molecule has 1 heterocycles. The number of H-pyrrole nitrogens is 1. The summed E-state index contributed by atoms with van der Waals surface area (Å²) < 4.78 is 0. The zero-order valence-corrected chi connectivity index (χ0v) is 14.2. The lowest BCUT2D eigenvalue weighted by atomic mass is 10.0. The molecule has 1 aromatic heterocycles. The number of primary amides is 1. The van der Waals surface area contributed by atoms with E-state index in [1.807, 2.05) is 5.43 Å². The second-order valence-electron chi connectivity index (χ2n) is 5.66. The van der Waals surface area contributed by atoms with Gasteiger partial charge in [0.25, 0.3) is 11.2 Å². The number of nitrogens with two attached hydrogens (primary N) is 1. The fraction of sp³-hybridized carbons (Fsp3) is 0.0588. The molecule has 3 rings (SSSR count). The molecule has 0 unspecified atom stereocenters. The SMILES string of the molecule is NC(=O)N/N=C(\c1nc2ccc([N+](=O)[O-])cc2[nH]c1=O)[C@@H](O)c1ccccc1. The average Bonchev–Trinajstić information content (AvgIpc) is 2.68. The van der Waals surface area contributed by atoms with Crippen LogP contribution in [0.2, 0.25) is 0 Å². The highest BCUT2D eigenvalue weighted by molar-refractivity contribution is 6.03. The lowest BCUT2D eigenvalue weighted by Gasteiger charge is -2.13. The van der Waals surface area contributed by atoms with Crippen molar-refractivity contribution in [2.75, 3.05) is 0 Å². The first kappa shape index (κ1) is 18.7. The molecule has 3 aromatic rings. The number of amides is 2. The number of aliphatic hydroxyl groups excluding tert-OH is 1. The third-order valence-electron chi connectivity index (χ3n) is 3.79. The van der Waals surface area contributed by atoms with Crippen molar-refractivity contribution in [2.45, 2.75) is 6.10 Å². The number of hydrogen-bond donors (Lipinski definition) is 4. The number of aromatic amines is 1. The number of urea groups is 1. The molecule has 28 heavy (non-hydrogen) atoms. The summed E-state index contributed by atoms with van der Waals surface area (Å²) in [6.45, 7) is 0. The second kappa shape index (κ2) is 7.63. The Kier molecular flexibility index (Phi) is 5.09. The fourth-order valence-electron chi connectivity index (χ4n) is 2.51. The lowest BCUT2D eigenvalue weighted by Crippen LogP contribution is -2.31. The van der Waals surface area contributed by atoms with Crippen molar-refractivity contribution in [3.05, 3.63) is 80.3 Å². The Labute approximate surface area is 156 Å². The van der Waals surface area contributed by atoms with E-state index >= 15 is 0 Å². The van der Waals surface area contributed by atoms with E-state index in [-0.39, 0.29) is 28.1 Å². The van der Waals surface area contributed by atoms with Crippen molar-refractivity contribution in [3.63, 3.8) is 0 Å². The molecule has 0 radical (unpaired) electrons. The van der Waals surface area contributed by atoms with Crippen LogP contribution < -0.4 is 16.7 Å². The van der Waals surface area contributed by atoms with Gasteiger partial charge in [0.1, 0.15) is 11.8 Å². The minimum Gasteiger partial charge on any atom is -0.382 e. The first-order valence-electron chi connectivity index (χ1n) is 7.91. The number of nitro groups is 1. The number of fused-ring (bicyclic) bond motifs is 1. The highest BCUT2D eigenvalue weighted by atomic mass is 16.6. The van der Waals surface area contributed by atoms with Crippen LogP contribution in [-0.2, 0) is 0 Å². The number of nitrogens with one attached hydrogen (secondary N) is 2. The monoisotopic (exact) mass is 382 g/mol. The van der Waals surface area contributed by atoms with E-state index < -0.39 is 22.6 Å². The molecule has 11 nitrogen and oxygen atoms in total. The summed E-state index contributed by atoms with van der Waals surface area (Å²) >= 11 is 0. The topological polar surface area (TPSA) is 177 Å². The summed E-state index contributed by atoms with van der Waals surface area (Å²) in [5.74, 6) is 0. The van der Waals surface area contributed by atoms with Crippen LogP contribution in [0.25, 0.3) is 11.0 Å². The van der Waals surface area contributed by atoms with Crippen LogP contribution in [0.4, 0.5) is 10.5 Å². The van der Waals surface area contributed by atoms with Crippen molar-refractivity contribution in [1.82, 2.24) is 15.4 Å². The number of benzene rings is 2. The molecule has 0 aliphatic rings. The highest BCUT2D eigenvalue weighted by Crippen LogP contribution is 2.20. The van der Waals surface area contributed by atoms with Crippen molar-refractivity contribution in [2.24, 2.45) is 10.8 Å². The number of nitro benzene ring substituents is 1. The van der Waals surface area contributed by atoms with E-state index in [0.717, 1.165) is 0 Å². The number of carbonyl (C=O) groups is 1. The van der Waals surface area contributed by atoms with E-state index in [2.05, 4.69) is 15.1 Å². The zero-order valence-electron chi connectivity index (χ0n) is 14.2. The smallest absolute Gasteiger partial charge is 0.332 e. The van der Waals surface area contributed by atoms with Gasteiger partial charge >= 0.3 is 6.03 Å². The molecule has 142 valence electrons. The van der Waals surface area contributed by atoms with Gasteiger partial charge < -0.3 is 15.8 Å². The molecule has 0 aliphatic heterocycles. The predicted octanol–water partition coefficient (Wildman–Crippen LogP) is 0.937. The van der Waals surface area contributed by atoms with E-state index in [1.54, 1.807) is 30.3 Å². The summed E-state index contributed by atoms with van der Waals surface area (Å²) in [5.41, 5.74) is 6.28. The number of carbonyl (C=O) groups excluding carboxylic acids is 1. The van der Waals surface area contributed by atoms with Gasteiger partial charge in [0, 0.05) is 12.1 Å². The highest BCUT2D eigenvalue weighted by Gasteiger charge is 2.23. The molecule has 0 bridgehead atoms. The third-order valence-corrected chi connectivity index (χ3v) is 3.79. The molecule has 0 saturated heterocycles. The molecule has 2 amide bonds. The Bertz CT molecular complexity index is 1140. The van der Waals surface area contributed by atoms with Gasteiger partial charge in [-0.15, -0.1) is 0 Å². The third kappa shape index (κ3) is 3.83. The molecular formula is C17H14N6O5.